The lowest BCUT2D eigenvalue weighted by molar-refractivity contribution is -0.128. The van der Waals surface area contributed by atoms with E-state index in [1.54, 1.807) is 6.92 Å². The minimum Gasteiger partial charge on any atom is -0.479 e. The van der Waals surface area contributed by atoms with Gasteiger partial charge < -0.3 is 10.1 Å². The number of carbonyl (C=O) groups is 2. The Balaban J connectivity index is 2.91. The molecule has 0 saturated heterocycles. The predicted molar refractivity (Wildman–Crippen MR) is 84.5 cm³/mol. The van der Waals surface area contributed by atoms with Gasteiger partial charge in [0.25, 0.3) is 5.91 Å². The minimum absolute atomic E-state index is 0.160. The largest absolute Gasteiger partial charge is 0.479 e. The van der Waals surface area contributed by atoms with Gasteiger partial charge in [0.15, 0.2) is 12.4 Å². The van der Waals surface area contributed by atoms with Crippen molar-refractivity contribution in [1.29, 1.82) is 0 Å². The van der Waals surface area contributed by atoms with Crippen molar-refractivity contribution in [2.45, 2.75) is 45.8 Å². The number of carbonyl (C=O) groups excluding carboxylic acids is 2. The number of rotatable bonds is 6. The highest BCUT2D eigenvalue weighted by Crippen LogP contribution is 2.32. The second-order valence-corrected chi connectivity index (χ2v) is 6.25. The fourth-order valence-electron chi connectivity index (χ4n) is 1.55. The average molecular weight is 332 g/mol. The molecule has 1 rings (SSSR count). The van der Waals surface area contributed by atoms with E-state index in [2.05, 4.69) is 5.32 Å². The van der Waals surface area contributed by atoms with Crippen LogP contribution in [0.25, 0.3) is 0 Å². The molecule has 0 radical (unpaired) electrons. The van der Waals surface area contributed by atoms with Crippen LogP contribution in [0.15, 0.2) is 12.1 Å². The summed E-state index contributed by atoms with van der Waals surface area (Å²) in [5.41, 5.74) is -0.117. The Labute approximate surface area is 134 Å². The van der Waals surface area contributed by atoms with Crippen molar-refractivity contribution in [2.75, 3.05) is 0 Å². The summed E-state index contributed by atoms with van der Waals surface area (Å²) in [7, 11) is 0. The first-order chi connectivity index (χ1) is 9.70. The molecule has 0 aliphatic carbocycles. The maximum absolute atomic E-state index is 12.1. The summed E-state index contributed by atoms with van der Waals surface area (Å²) < 4.78 is 5.54. The second-order valence-electron chi connectivity index (χ2n) is 5.41. The predicted octanol–water partition coefficient (Wildman–Crippen LogP) is 3.88. The number of halogens is 2. The molecule has 21 heavy (non-hydrogen) atoms. The maximum atomic E-state index is 12.1. The average Bonchev–Trinajstić information content (AvgIpc) is 2.40. The Morgan fingerprint density at radius 2 is 2.05 bits per heavy atom. The third-order valence-electron chi connectivity index (χ3n) is 3.17. The molecule has 0 aliphatic heterocycles. The number of hydrogen-bond donors (Lipinski definition) is 1. The van der Waals surface area contributed by atoms with Gasteiger partial charge in [-0.15, -0.1) is 0 Å². The van der Waals surface area contributed by atoms with E-state index in [1.807, 2.05) is 20.8 Å². The van der Waals surface area contributed by atoms with Crippen molar-refractivity contribution >= 4 is 35.4 Å². The van der Waals surface area contributed by atoms with Crippen molar-refractivity contribution in [3.63, 3.8) is 0 Å². The molecule has 6 heteroatoms. The van der Waals surface area contributed by atoms with E-state index < -0.39 is 6.10 Å². The number of aldehydes is 1. The number of ether oxygens (including phenoxy) is 1. The smallest absolute Gasteiger partial charge is 0.261 e. The van der Waals surface area contributed by atoms with Crippen LogP contribution < -0.4 is 10.1 Å². The highest BCUT2D eigenvalue weighted by molar-refractivity contribution is 6.36. The minimum atomic E-state index is -0.784. The van der Waals surface area contributed by atoms with Gasteiger partial charge in [0.2, 0.25) is 0 Å². The van der Waals surface area contributed by atoms with Gasteiger partial charge in [-0.25, -0.2) is 0 Å². The lowest BCUT2D eigenvalue weighted by atomic mass is 10.0. The van der Waals surface area contributed by atoms with E-state index in [4.69, 9.17) is 27.9 Å². The van der Waals surface area contributed by atoms with Crippen LogP contribution in [0, 0.1) is 0 Å². The lowest BCUT2D eigenvalue weighted by Crippen LogP contribution is -2.48. The van der Waals surface area contributed by atoms with Gasteiger partial charge in [-0.3, -0.25) is 9.59 Å². The Morgan fingerprint density at radius 1 is 1.43 bits per heavy atom. The normalized spacial score (nSPS) is 12.7. The number of benzene rings is 1. The monoisotopic (exact) mass is 331 g/mol. The molecular weight excluding hydrogens is 313 g/mol. The Hall–Kier alpha value is -1.26. The van der Waals surface area contributed by atoms with Crippen LogP contribution >= 0.6 is 23.2 Å². The van der Waals surface area contributed by atoms with Crippen LogP contribution in [0.1, 0.15) is 44.5 Å². The molecule has 1 atom stereocenters. The molecule has 1 N–H and O–H groups in total. The van der Waals surface area contributed by atoms with E-state index in [0.717, 1.165) is 6.42 Å². The van der Waals surface area contributed by atoms with Gasteiger partial charge >= 0.3 is 0 Å². The van der Waals surface area contributed by atoms with Crippen LogP contribution in [0.2, 0.25) is 10.0 Å². The van der Waals surface area contributed by atoms with E-state index in [0.29, 0.717) is 11.3 Å². The molecule has 0 aliphatic rings. The first-order valence-electron chi connectivity index (χ1n) is 6.63. The Kier molecular flexibility index (Phi) is 6.05. The fourth-order valence-corrected chi connectivity index (χ4v) is 2.10. The summed E-state index contributed by atoms with van der Waals surface area (Å²) in [6.07, 6.45) is 0.591. The zero-order chi connectivity index (χ0) is 16.2. The zero-order valence-corrected chi connectivity index (χ0v) is 14.0. The zero-order valence-electron chi connectivity index (χ0n) is 12.5. The molecular formula is C15H19Cl2NO3. The standard InChI is InChI=1S/C15H19Cl2NO3/c1-5-15(3,4)18-14(20)9(2)21-13-10(8-19)6-11(16)7-12(13)17/h6-9H,5H2,1-4H3,(H,18,20). The van der Waals surface area contributed by atoms with Crippen LogP contribution in [0.3, 0.4) is 0 Å². The van der Waals surface area contributed by atoms with E-state index in [1.165, 1.54) is 12.1 Å². The summed E-state index contributed by atoms with van der Waals surface area (Å²) in [6.45, 7) is 7.42. The van der Waals surface area contributed by atoms with Crippen molar-refractivity contribution < 1.29 is 14.3 Å². The molecule has 1 aromatic carbocycles. The van der Waals surface area contributed by atoms with Gasteiger partial charge in [-0.2, -0.15) is 0 Å². The van der Waals surface area contributed by atoms with Crippen LogP contribution in [0.4, 0.5) is 0 Å². The van der Waals surface area contributed by atoms with Gasteiger partial charge in [-0.1, -0.05) is 30.1 Å². The van der Waals surface area contributed by atoms with Crippen LogP contribution in [-0.4, -0.2) is 23.8 Å². The van der Waals surface area contributed by atoms with E-state index in [-0.39, 0.29) is 27.8 Å². The lowest BCUT2D eigenvalue weighted by Gasteiger charge is -2.27. The van der Waals surface area contributed by atoms with E-state index in [9.17, 15) is 9.59 Å². The number of nitrogens with one attached hydrogen (secondary N) is 1. The molecule has 0 fully saturated rings. The highest BCUT2D eigenvalue weighted by Gasteiger charge is 2.24. The van der Waals surface area contributed by atoms with Gasteiger partial charge in [0.1, 0.15) is 5.75 Å². The Bertz CT molecular complexity index is 544. The van der Waals surface area contributed by atoms with Crippen molar-refractivity contribution in [3.8, 4) is 5.75 Å². The molecule has 1 unspecified atom stereocenters. The molecule has 0 saturated carbocycles. The molecule has 4 nitrogen and oxygen atoms in total. The third-order valence-corrected chi connectivity index (χ3v) is 3.67. The topological polar surface area (TPSA) is 55.4 Å². The van der Waals surface area contributed by atoms with Crippen molar-refractivity contribution in [3.05, 3.63) is 27.7 Å². The molecule has 0 heterocycles. The number of hydrogen-bond acceptors (Lipinski definition) is 3. The summed E-state index contributed by atoms with van der Waals surface area (Å²) in [6, 6.07) is 2.91. The maximum Gasteiger partial charge on any atom is 0.261 e. The molecule has 0 aromatic heterocycles. The number of amides is 1. The summed E-state index contributed by atoms with van der Waals surface area (Å²) >= 11 is 11.9. The highest BCUT2D eigenvalue weighted by atomic mass is 35.5. The van der Waals surface area contributed by atoms with Crippen molar-refractivity contribution in [2.24, 2.45) is 0 Å². The summed E-state index contributed by atoms with van der Waals surface area (Å²) in [5.74, 6) is -0.113. The molecule has 0 bridgehead atoms. The molecule has 0 spiro atoms. The molecule has 1 aromatic rings. The van der Waals surface area contributed by atoms with Gasteiger partial charge in [0.05, 0.1) is 10.6 Å². The Morgan fingerprint density at radius 3 is 2.57 bits per heavy atom. The first-order valence-corrected chi connectivity index (χ1v) is 7.38. The summed E-state index contributed by atoms with van der Waals surface area (Å²) in [4.78, 5) is 23.2. The second kappa shape index (κ2) is 7.14. The van der Waals surface area contributed by atoms with Crippen molar-refractivity contribution in [1.82, 2.24) is 5.32 Å². The summed E-state index contributed by atoms with van der Waals surface area (Å²) in [5, 5.41) is 3.40. The van der Waals surface area contributed by atoms with Crippen LogP contribution in [-0.2, 0) is 4.79 Å². The van der Waals surface area contributed by atoms with Gasteiger partial charge in [-0.05, 0) is 39.3 Å². The SMILES string of the molecule is CCC(C)(C)NC(=O)C(C)Oc1c(Cl)cc(Cl)cc1C=O. The third kappa shape index (κ3) is 4.90. The first kappa shape index (κ1) is 17.8. The molecule has 1 amide bonds. The molecule has 116 valence electrons. The fraction of sp³-hybridized carbons (Fsp3) is 0.467. The van der Waals surface area contributed by atoms with Gasteiger partial charge in [0, 0.05) is 10.6 Å². The van der Waals surface area contributed by atoms with Crippen LogP contribution in [0.5, 0.6) is 5.75 Å². The van der Waals surface area contributed by atoms with E-state index >= 15 is 0 Å². The quantitative estimate of drug-likeness (QED) is 0.805.